The largest absolute Gasteiger partial charge is 0.484 e. The second-order valence-corrected chi connectivity index (χ2v) is 5.95. The third-order valence-corrected chi connectivity index (χ3v) is 3.70. The number of rotatable bonds is 6. The first-order valence-electron chi connectivity index (χ1n) is 8.27. The molecule has 0 bridgehead atoms. The van der Waals surface area contributed by atoms with Gasteiger partial charge in [-0.3, -0.25) is 4.79 Å². The Bertz CT molecular complexity index is 936. The summed E-state index contributed by atoms with van der Waals surface area (Å²) in [5.41, 5.74) is 1.88. The van der Waals surface area contributed by atoms with Crippen LogP contribution in [0.25, 0.3) is 11.5 Å². The van der Waals surface area contributed by atoms with E-state index in [1.165, 1.54) is 12.1 Å². The lowest BCUT2D eigenvalue weighted by molar-refractivity contribution is -0.153. The van der Waals surface area contributed by atoms with Crippen molar-refractivity contribution < 1.29 is 27.2 Å². The van der Waals surface area contributed by atoms with Crippen LogP contribution >= 0.6 is 0 Å². The minimum atomic E-state index is -4.38. The highest BCUT2D eigenvalue weighted by Gasteiger charge is 2.28. The van der Waals surface area contributed by atoms with Gasteiger partial charge in [0.15, 0.2) is 12.4 Å². The number of hydrogen-bond donors (Lipinski definition) is 1. The highest BCUT2D eigenvalue weighted by Crippen LogP contribution is 2.19. The Balaban J connectivity index is 1.53. The molecule has 1 heterocycles. The summed E-state index contributed by atoms with van der Waals surface area (Å²) in [6.45, 7) is 0.592. The molecule has 3 rings (SSSR count). The van der Waals surface area contributed by atoms with Crippen LogP contribution in [-0.2, 0) is 6.54 Å². The molecule has 0 atom stereocenters. The van der Waals surface area contributed by atoms with E-state index in [9.17, 15) is 18.0 Å². The first-order valence-corrected chi connectivity index (χ1v) is 8.27. The number of benzene rings is 2. The molecule has 1 amide bonds. The highest BCUT2D eigenvalue weighted by molar-refractivity contribution is 5.94. The normalized spacial score (nSPS) is 11.3. The van der Waals surface area contributed by atoms with Crippen LogP contribution in [0.1, 0.15) is 21.7 Å². The van der Waals surface area contributed by atoms with Gasteiger partial charge >= 0.3 is 6.18 Å². The van der Waals surface area contributed by atoms with E-state index in [1.54, 1.807) is 43.3 Å². The Morgan fingerprint density at radius 1 is 1.11 bits per heavy atom. The predicted molar refractivity (Wildman–Crippen MR) is 93.6 cm³/mol. The Labute approximate surface area is 158 Å². The maximum absolute atomic E-state index is 12.2. The summed E-state index contributed by atoms with van der Waals surface area (Å²) in [7, 11) is 0. The van der Waals surface area contributed by atoms with Crippen LogP contribution in [0.3, 0.4) is 0 Å². The molecule has 0 unspecified atom stereocenters. The lowest BCUT2D eigenvalue weighted by atomic mass is 10.1. The van der Waals surface area contributed by atoms with E-state index in [-0.39, 0.29) is 18.2 Å². The van der Waals surface area contributed by atoms with E-state index < -0.39 is 12.8 Å². The van der Waals surface area contributed by atoms with E-state index in [2.05, 4.69) is 20.2 Å². The SMILES string of the molecule is Cc1noc(-c2ccc(C(=O)NCc3ccc(OCC(F)(F)F)cc3)cc2)n1. The maximum atomic E-state index is 12.2. The molecule has 0 fully saturated rings. The van der Waals surface area contributed by atoms with E-state index >= 15 is 0 Å². The van der Waals surface area contributed by atoms with Crippen molar-refractivity contribution in [3.63, 3.8) is 0 Å². The summed E-state index contributed by atoms with van der Waals surface area (Å²) in [6.07, 6.45) is -4.38. The molecular weight excluding hydrogens is 375 g/mol. The van der Waals surface area contributed by atoms with Gasteiger partial charge in [-0.1, -0.05) is 17.3 Å². The third kappa shape index (κ3) is 5.32. The van der Waals surface area contributed by atoms with Crippen molar-refractivity contribution in [2.24, 2.45) is 0 Å². The highest BCUT2D eigenvalue weighted by atomic mass is 19.4. The molecule has 3 aromatic rings. The van der Waals surface area contributed by atoms with Gasteiger partial charge in [-0.15, -0.1) is 0 Å². The molecule has 146 valence electrons. The summed E-state index contributed by atoms with van der Waals surface area (Å²) >= 11 is 0. The summed E-state index contributed by atoms with van der Waals surface area (Å²) in [5, 5.41) is 6.46. The topological polar surface area (TPSA) is 77.2 Å². The number of nitrogens with one attached hydrogen (secondary N) is 1. The number of nitrogens with zero attached hydrogens (tertiary/aromatic N) is 2. The number of halogens is 3. The summed E-state index contributed by atoms with van der Waals surface area (Å²) in [5.74, 6) is 0.717. The van der Waals surface area contributed by atoms with E-state index in [1.807, 2.05) is 0 Å². The van der Waals surface area contributed by atoms with Crippen molar-refractivity contribution >= 4 is 5.91 Å². The van der Waals surface area contributed by atoms with Gasteiger partial charge in [0.05, 0.1) is 0 Å². The number of ether oxygens (including phenoxy) is 1. The van der Waals surface area contributed by atoms with Crippen molar-refractivity contribution in [3.8, 4) is 17.2 Å². The molecule has 0 aliphatic heterocycles. The Hall–Kier alpha value is -3.36. The third-order valence-electron chi connectivity index (χ3n) is 3.70. The number of carbonyl (C=O) groups is 1. The molecule has 0 spiro atoms. The fourth-order valence-corrected chi connectivity index (χ4v) is 2.33. The van der Waals surface area contributed by atoms with Crippen LogP contribution in [0.4, 0.5) is 13.2 Å². The number of amides is 1. The number of carbonyl (C=O) groups excluding carboxylic acids is 1. The molecule has 0 aliphatic carbocycles. The van der Waals surface area contributed by atoms with Crippen molar-refractivity contribution in [2.75, 3.05) is 6.61 Å². The van der Waals surface area contributed by atoms with Gasteiger partial charge in [-0.2, -0.15) is 18.2 Å². The van der Waals surface area contributed by atoms with Gasteiger partial charge in [-0.05, 0) is 48.9 Å². The first-order chi connectivity index (χ1) is 13.3. The van der Waals surface area contributed by atoms with Crippen LogP contribution in [0.5, 0.6) is 5.75 Å². The minimum Gasteiger partial charge on any atom is -0.484 e. The average Bonchev–Trinajstić information content (AvgIpc) is 3.11. The smallest absolute Gasteiger partial charge is 0.422 e. The number of aryl methyl sites for hydroxylation is 1. The summed E-state index contributed by atoms with van der Waals surface area (Å²) in [6, 6.07) is 12.7. The minimum absolute atomic E-state index is 0.110. The Morgan fingerprint density at radius 2 is 1.79 bits per heavy atom. The van der Waals surface area contributed by atoms with Gasteiger partial charge in [0, 0.05) is 17.7 Å². The van der Waals surface area contributed by atoms with Crippen molar-refractivity contribution in [2.45, 2.75) is 19.6 Å². The first kappa shape index (κ1) is 19.4. The van der Waals surface area contributed by atoms with Gasteiger partial charge in [0.2, 0.25) is 0 Å². The second kappa shape index (κ2) is 8.12. The number of alkyl halides is 3. The standard InChI is InChI=1S/C19H16F3N3O3/c1-12-24-18(28-25-12)15-6-4-14(5-7-15)17(26)23-10-13-2-8-16(9-3-13)27-11-19(20,21)22/h2-9H,10-11H2,1H3,(H,23,26). The molecule has 9 heteroatoms. The molecule has 2 aromatic carbocycles. The van der Waals surface area contributed by atoms with Gasteiger partial charge < -0.3 is 14.6 Å². The number of hydrogen-bond acceptors (Lipinski definition) is 5. The molecule has 0 radical (unpaired) electrons. The van der Waals surface area contributed by atoms with E-state index in [0.717, 1.165) is 5.56 Å². The summed E-state index contributed by atoms with van der Waals surface area (Å²) < 4.78 is 46.1. The molecule has 28 heavy (non-hydrogen) atoms. The fourth-order valence-electron chi connectivity index (χ4n) is 2.33. The molecule has 6 nitrogen and oxygen atoms in total. The second-order valence-electron chi connectivity index (χ2n) is 5.95. The van der Waals surface area contributed by atoms with Crippen molar-refractivity contribution in [3.05, 3.63) is 65.5 Å². The monoisotopic (exact) mass is 391 g/mol. The molecule has 0 saturated heterocycles. The van der Waals surface area contributed by atoms with Gasteiger partial charge in [-0.25, -0.2) is 0 Å². The number of aromatic nitrogens is 2. The van der Waals surface area contributed by atoms with Crippen LogP contribution in [-0.4, -0.2) is 28.8 Å². The molecular formula is C19H16F3N3O3. The van der Waals surface area contributed by atoms with Crippen LogP contribution in [0.15, 0.2) is 53.1 Å². The van der Waals surface area contributed by atoms with Crippen LogP contribution in [0, 0.1) is 6.92 Å². The Morgan fingerprint density at radius 3 is 2.36 bits per heavy atom. The molecule has 0 saturated carbocycles. The van der Waals surface area contributed by atoms with Gasteiger partial charge in [0.1, 0.15) is 5.75 Å². The zero-order valence-corrected chi connectivity index (χ0v) is 14.8. The molecule has 1 aromatic heterocycles. The fraction of sp³-hybridized carbons (Fsp3) is 0.211. The van der Waals surface area contributed by atoms with Crippen molar-refractivity contribution in [1.29, 1.82) is 0 Å². The van der Waals surface area contributed by atoms with Gasteiger partial charge in [0.25, 0.3) is 11.8 Å². The lowest BCUT2D eigenvalue weighted by Gasteiger charge is -2.10. The predicted octanol–water partition coefficient (Wildman–Crippen LogP) is 3.92. The van der Waals surface area contributed by atoms with Crippen LogP contribution in [0.2, 0.25) is 0 Å². The quantitative estimate of drug-likeness (QED) is 0.689. The zero-order valence-electron chi connectivity index (χ0n) is 14.8. The summed E-state index contributed by atoms with van der Waals surface area (Å²) in [4.78, 5) is 16.4. The average molecular weight is 391 g/mol. The molecule has 1 N–H and O–H groups in total. The van der Waals surface area contributed by atoms with E-state index in [4.69, 9.17) is 4.52 Å². The maximum Gasteiger partial charge on any atom is 0.422 e. The van der Waals surface area contributed by atoms with E-state index in [0.29, 0.717) is 22.8 Å². The Kier molecular flexibility index (Phi) is 5.62. The van der Waals surface area contributed by atoms with Crippen molar-refractivity contribution in [1.82, 2.24) is 15.5 Å². The zero-order chi connectivity index (χ0) is 20.1. The van der Waals surface area contributed by atoms with Crippen LogP contribution < -0.4 is 10.1 Å². The molecule has 0 aliphatic rings. The lowest BCUT2D eigenvalue weighted by Crippen LogP contribution is -2.22.